The molecule has 0 aromatic heterocycles. The summed E-state index contributed by atoms with van der Waals surface area (Å²) < 4.78 is 44.0. The number of methoxy groups -OCH3 is 1. The number of anilines is 1. The second kappa shape index (κ2) is 11.1. The summed E-state index contributed by atoms with van der Waals surface area (Å²) in [6.45, 7) is 0. The lowest BCUT2D eigenvalue weighted by Gasteiger charge is -2.18. The SMILES string of the molecule is COC(=O)c1cccc(N(C)C(=O)c2ccc(C(C=C(N)C(F)(F)F)=Nc3ccccc3Cl)cc2)c1. The van der Waals surface area contributed by atoms with Crippen LogP contribution in [0, 0.1) is 0 Å². The predicted molar refractivity (Wildman–Crippen MR) is 133 cm³/mol. The first-order chi connectivity index (χ1) is 17.0. The summed E-state index contributed by atoms with van der Waals surface area (Å²) in [6.07, 6.45) is -4.04. The molecule has 0 bridgehead atoms. The highest BCUT2D eigenvalue weighted by Gasteiger charge is 2.31. The van der Waals surface area contributed by atoms with Crippen molar-refractivity contribution >= 4 is 40.6 Å². The van der Waals surface area contributed by atoms with Gasteiger partial charge in [-0.25, -0.2) is 9.79 Å². The number of halogens is 4. The number of para-hydroxylation sites is 1. The zero-order valence-electron chi connectivity index (χ0n) is 19.2. The Balaban J connectivity index is 1.95. The molecule has 3 aromatic carbocycles. The van der Waals surface area contributed by atoms with E-state index >= 15 is 0 Å². The number of esters is 1. The maximum atomic E-state index is 13.1. The molecule has 0 heterocycles. The number of ether oxygens (including phenoxy) is 1. The van der Waals surface area contributed by atoms with Gasteiger partial charge < -0.3 is 15.4 Å². The highest BCUT2D eigenvalue weighted by molar-refractivity contribution is 6.33. The number of hydrogen-bond acceptors (Lipinski definition) is 5. The number of aliphatic imine (C=N–C) groups is 1. The summed E-state index contributed by atoms with van der Waals surface area (Å²) in [5.74, 6) is -0.947. The standard InChI is InChI=1S/C26H21ClF3N3O3/c1-33(19-7-5-6-18(14-19)25(35)36-2)24(34)17-12-10-16(11-13-17)22(15-23(31)26(28,29)30)32-21-9-4-3-8-20(21)27/h3-15H,31H2,1-2H3. The van der Waals surface area contributed by atoms with Crippen LogP contribution in [0.2, 0.25) is 5.02 Å². The van der Waals surface area contributed by atoms with E-state index in [-0.39, 0.29) is 33.1 Å². The molecule has 0 radical (unpaired) electrons. The molecule has 6 nitrogen and oxygen atoms in total. The Morgan fingerprint density at radius 1 is 0.972 bits per heavy atom. The average molecular weight is 516 g/mol. The van der Waals surface area contributed by atoms with E-state index in [0.29, 0.717) is 11.8 Å². The Hall–Kier alpha value is -4.11. The van der Waals surface area contributed by atoms with Gasteiger partial charge in [-0.15, -0.1) is 0 Å². The monoisotopic (exact) mass is 515 g/mol. The summed E-state index contributed by atoms with van der Waals surface area (Å²) in [7, 11) is 2.79. The fourth-order valence-electron chi connectivity index (χ4n) is 3.14. The largest absolute Gasteiger partial charge is 0.465 e. The minimum atomic E-state index is -4.75. The van der Waals surface area contributed by atoms with E-state index in [1.54, 1.807) is 42.5 Å². The van der Waals surface area contributed by atoms with Gasteiger partial charge in [0.05, 0.1) is 29.1 Å². The maximum Gasteiger partial charge on any atom is 0.430 e. The third kappa shape index (κ3) is 6.31. The van der Waals surface area contributed by atoms with E-state index in [1.807, 2.05) is 0 Å². The van der Waals surface area contributed by atoms with Crippen molar-refractivity contribution in [3.63, 3.8) is 0 Å². The smallest absolute Gasteiger partial charge is 0.430 e. The molecule has 0 saturated carbocycles. The number of amides is 1. The summed E-state index contributed by atoms with van der Waals surface area (Å²) in [4.78, 5) is 30.4. The van der Waals surface area contributed by atoms with Crippen LogP contribution in [0.15, 0.2) is 89.6 Å². The third-order valence-corrected chi connectivity index (χ3v) is 5.42. The Morgan fingerprint density at radius 2 is 1.61 bits per heavy atom. The van der Waals surface area contributed by atoms with Crippen LogP contribution in [-0.4, -0.2) is 37.9 Å². The molecule has 36 heavy (non-hydrogen) atoms. The molecular weight excluding hydrogens is 495 g/mol. The lowest BCUT2D eigenvalue weighted by atomic mass is 10.0. The van der Waals surface area contributed by atoms with Crippen LogP contribution >= 0.6 is 11.6 Å². The molecule has 0 aliphatic carbocycles. The quantitative estimate of drug-likeness (QED) is 0.326. The minimum absolute atomic E-state index is 0.0870. The van der Waals surface area contributed by atoms with Crippen LogP contribution in [0.5, 0.6) is 0 Å². The molecule has 0 unspecified atom stereocenters. The summed E-state index contributed by atoms with van der Waals surface area (Å²) in [6, 6.07) is 18.6. The maximum absolute atomic E-state index is 13.1. The number of carbonyl (C=O) groups excluding carboxylic acids is 2. The van der Waals surface area contributed by atoms with Crippen molar-refractivity contribution in [2.45, 2.75) is 6.18 Å². The Morgan fingerprint density at radius 3 is 2.22 bits per heavy atom. The molecule has 0 aliphatic rings. The zero-order chi connectivity index (χ0) is 26.5. The minimum Gasteiger partial charge on any atom is -0.465 e. The fraction of sp³-hybridized carbons (Fsp3) is 0.115. The van der Waals surface area contributed by atoms with Crippen LogP contribution in [0.3, 0.4) is 0 Å². The van der Waals surface area contributed by atoms with Gasteiger partial charge in [0.15, 0.2) is 0 Å². The molecule has 186 valence electrons. The third-order valence-electron chi connectivity index (χ3n) is 5.10. The molecule has 0 aliphatic heterocycles. The van der Waals surface area contributed by atoms with Crippen molar-refractivity contribution in [2.24, 2.45) is 10.7 Å². The van der Waals surface area contributed by atoms with Gasteiger partial charge in [0, 0.05) is 23.9 Å². The first kappa shape index (κ1) is 26.5. The van der Waals surface area contributed by atoms with Crippen molar-refractivity contribution in [1.29, 1.82) is 0 Å². The topological polar surface area (TPSA) is 85.0 Å². The number of nitrogens with two attached hydrogens (primary N) is 1. The molecular formula is C26H21ClF3N3O3. The summed E-state index contributed by atoms with van der Waals surface area (Å²) in [5, 5.41) is 0.247. The van der Waals surface area contributed by atoms with Gasteiger partial charge >= 0.3 is 12.1 Å². The zero-order valence-corrected chi connectivity index (χ0v) is 20.0. The van der Waals surface area contributed by atoms with Crippen molar-refractivity contribution in [3.05, 3.63) is 106 Å². The molecule has 3 rings (SSSR count). The Labute approximate surface area is 210 Å². The van der Waals surface area contributed by atoms with Crippen LogP contribution in [0.25, 0.3) is 0 Å². The number of hydrogen-bond donors (Lipinski definition) is 1. The average Bonchev–Trinajstić information content (AvgIpc) is 2.87. The van der Waals surface area contributed by atoms with Gasteiger partial charge in [-0.3, -0.25) is 4.79 Å². The molecule has 0 fully saturated rings. The van der Waals surface area contributed by atoms with Gasteiger partial charge in [0.1, 0.15) is 5.70 Å². The van der Waals surface area contributed by atoms with E-state index < -0.39 is 23.7 Å². The lowest BCUT2D eigenvalue weighted by Crippen LogP contribution is -2.26. The van der Waals surface area contributed by atoms with Crippen LogP contribution < -0.4 is 10.6 Å². The second-order valence-electron chi connectivity index (χ2n) is 7.53. The van der Waals surface area contributed by atoms with Gasteiger partial charge in [0.2, 0.25) is 0 Å². The second-order valence-corrected chi connectivity index (χ2v) is 7.94. The van der Waals surface area contributed by atoms with E-state index in [1.165, 1.54) is 49.4 Å². The Kier molecular flexibility index (Phi) is 8.16. The number of carbonyl (C=O) groups is 2. The predicted octanol–water partition coefficient (Wildman–Crippen LogP) is 5.93. The first-order valence-electron chi connectivity index (χ1n) is 10.5. The molecule has 0 saturated heterocycles. The van der Waals surface area contributed by atoms with E-state index in [4.69, 9.17) is 22.1 Å². The number of nitrogens with zero attached hydrogens (tertiary/aromatic N) is 2. The summed E-state index contributed by atoms with van der Waals surface area (Å²) in [5.41, 5.74) is 5.34. The molecule has 1 amide bonds. The Bertz CT molecular complexity index is 1340. The van der Waals surface area contributed by atoms with Gasteiger partial charge in [-0.2, -0.15) is 13.2 Å². The molecule has 10 heteroatoms. The summed E-state index contributed by atoms with van der Waals surface area (Å²) >= 11 is 6.12. The molecule has 2 N–H and O–H groups in total. The fourth-order valence-corrected chi connectivity index (χ4v) is 3.31. The van der Waals surface area contributed by atoms with Crippen molar-refractivity contribution in [2.75, 3.05) is 19.1 Å². The van der Waals surface area contributed by atoms with E-state index in [2.05, 4.69) is 4.99 Å². The number of rotatable bonds is 6. The number of alkyl halides is 3. The lowest BCUT2D eigenvalue weighted by molar-refractivity contribution is -0.0925. The van der Waals surface area contributed by atoms with Crippen molar-refractivity contribution < 1.29 is 27.5 Å². The molecule has 3 aromatic rings. The first-order valence-corrected chi connectivity index (χ1v) is 10.8. The van der Waals surface area contributed by atoms with Gasteiger partial charge in [-0.05, 0) is 48.5 Å². The molecule has 0 atom stereocenters. The van der Waals surface area contributed by atoms with Crippen LogP contribution in [-0.2, 0) is 4.74 Å². The highest BCUT2D eigenvalue weighted by Crippen LogP contribution is 2.27. The highest BCUT2D eigenvalue weighted by atomic mass is 35.5. The number of benzene rings is 3. The van der Waals surface area contributed by atoms with E-state index in [0.717, 1.165) is 0 Å². The van der Waals surface area contributed by atoms with Crippen molar-refractivity contribution in [1.82, 2.24) is 0 Å². The van der Waals surface area contributed by atoms with Gasteiger partial charge in [-0.1, -0.05) is 41.9 Å². The molecule has 0 spiro atoms. The van der Waals surface area contributed by atoms with E-state index in [9.17, 15) is 22.8 Å². The normalized spacial score (nSPS) is 12.3. The van der Waals surface area contributed by atoms with Crippen LogP contribution in [0.1, 0.15) is 26.3 Å². The van der Waals surface area contributed by atoms with Crippen molar-refractivity contribution in [3.8, 4) is 0 Å². The number of allylic oxidation sites excluding steroid dienone is 2. The van der Waals surface area contributed by atoms with Gasteiger partial charge in [0.25, 0.3) is 5.91 Å². The van der Waals surface area contributed by atoms with Crippen LogP contribution in [0.4, 0.5) is 24.5 Å².